The summed E-state index contributed by atoms with van der Waals surface area (Å²) in [5.41, 5.74) is 1.65. The van der Waals surface area contributed by atoms with E-state index in [1.165, 1.54) is 18.2 Å². The van der Waals surface area contributed by atoms with Crippen molar-refractivity contribution in [3.05, 3.63) is 68.4 Å². The summed E-state index contributed by atoms with van der Waals surface area (Å²) in [6, 6.07) is 9.65. The second-order valence-electron chi connectivity index (χ2n) is 11.4. The molecule has 0 bridgehead atoms. The Labute approximate surface area is 258 Å². The first kappa shape index (κ1) is 32.1. The number of pyridine rings is 1. The van der Waals surface area contributed by atoms with E-state index in [1.807, 2.05) is 30.0 Å². The summed E-state index contributed by atoms with van der Waals surface area (Å²) in [6.07, 6.45) is 0.0171. The van der Waals surface area contributed by atoms with Crippen LogP contribution in [0.1, 0.15) is 61.0 Å². The van der Waals surface area contributed by atoms with Crippen LogP contribution >= 0.6 is 27.5 Å². The van der Waals surface area contributed by atoms with Crippen molar-refractivity contribution in [3.8, 4) is 0 Å². The Hall–Kier alpha value is -2.79. The first-order valence-corrected chi connectivity index (χ1v) is 15.1. The van der Waals surface area contributed by atoms with Crippen LogP contribution in [0.2, 0.25) is 5.02 Å². The number of fused-ring (bicyclic) bond motifs is 1. The third-order valence-corrected chi connectivity index (χ3v) is 7.90. The summed E-state index contributed by atoms with van der Waals surface area (Å²) in [7, 11) is 0. The minimum absolute atomic E-state index is 0.0714. The van der Waals surface area contributed by atoms with E-state index in [0.29, 0.717) is 64.6 Å². The number of morpholine rings is 1. The Kier molecular flexibility index (Phi) is 10.5. The second kappa shape index (κ2) is 13.7. The van der Waals surface area contributed by atoms with Crippen molar-refractivity contribution in [3.63, 3.8) is 0 Å². The van der Waals surface area contributed by atoms with Crippen LogP contribution in [0.15, 0.2) is 40.9 Å². The molecule has 226 valence electrons. The molecule has 2 unspecified atom stereocenters. The SMILES string of the molecule is Cc1c(N2CCOC(CO)C2)nc2ccc(Br)cc2c1C(=O)NCC(CCC(=O)OC(C)(C)C)c1cc(F)ccc1Cl. The number of aliphatic hydroxyl groups is 1. The van der Waals surface area contributed by atoms with E-state index in [9.17, 15) is 19.1 Å². The lowest BCUT2D eigenvalue weighted by Gasteiger charge is -2.34. The van der Waals surface area contributed by atoms with Crippen LogP contribution in [0, 0.1) is 12.7 Å². The van der Waals surface area contributed by atoms with Gasteiger partial charge in [-0.3, -0.25) is 9.59 Å². The highest BCUT2D eigenvalue weighted by Crippen LogP contribution is 2.33. The molecule has 1 saturated heterocycles. The maximum Gasteiger partial charge on any atom is 0.306 e. The molecule has 2 atom stereocenters. The van der Waals surface area contributed by atoms with Gasteiger partial charge in [-0.2, -0.15) is 0 Å². The highest BCUT2D eigenvalue weighted by Gasteiger charge is 2.27. The number of rotatable bonds is 9. The zero-order valence-electron chi connectivity index (χ0n) is 24.2. The van der Waals surface area contributed by atoms with Crippen molar-refractivity contribution in [1.82, 2.24) is 10.3 Å². The fourth-order valence-electron chi connectivity index (χ4n) is 5.12. The number of aliphatic hydroxyl groups excluding tert-OH is 1. The highest BCUT2D eigenvalue weighted by atomic mass is 79.9. The number of aromatic nitrogens is 1. The summed E-state index contributed by atoms with van der Waals surface area (Å²) >= 11 is 9.96. The van der Waals surface area contributed by atoms with Crippen LogP contribution in [0.3, 0.4) is 0 Å². The molecule has 0 radical (unpaired) electrons. The number of amides is 1. The van der Waals surface area contributed by atoms with Gasteiger partial charge in [0.15, 0.2) is 0 Å². The lowest BCUT2D eigenvalue weighted by Crippen LogP contribution is -2.45. The summed E-state index contributed by atoms with van der Waals surface area (Å²) in [6.45, 7) is 8.67. The number of nitrogens with one attached hydrogen (secondary N) is 1. The molecule has 1 aliphatic rings. The van der Waals surface area contributed by atoms with E-state index < -0.39 is 17.3 Å². The largest absolute Gasteiger partial charge is 0.460 e. The van der Waals surface area contributed by atoms with Gasteiger partial charge in [-0.05, 0) is 76.1 Å². The summed E-state index contributed by atoms with van der Waals surface area (Å²) < 4.78 is 26.1. The van der Waals surface area contributed by atoms with E-state index in [0.717, 1.165) is 4.47 Å². The molecule has 0 saturated carbocycles. The van der Waals surface area contributed by atoms with Crippen LogP contribution in [-0.4, -0.2) is 66.5 Å². The molecule has 42 heavy (non-hydrogen) atoms. The maximum absolute atomic E-state index is 14.3. The lowest BCUT2D eigenvalue weighted by molar-refractivity contribution is -0.155. The number of carbonyl (C=O) groups is 2. The number of hydrogen-bond donors (Lipinski definition) is 2. The normalized spacial score (nSPS) is 16.4. The van der Waals surface area contributed by atoms with Crippen LogP contribution in [0.25, 0.3) is 10.9 Å². The zero-order chi connectivity index (χ0) is 30.6. The molecule has 3 aromatic rings. The minimum Gasteiger partial charge on any atom is -0.460 e. The predicted molar refractivity (Wildman–Crippen MR) is 165 cm³/mol. The monoisotopic (exact) mass is 663 g/mol. The van der Waals surface area contributed by atoms with Crippen molar-refractivity contribution in [2.24, 2.45) is 0 Å². The van der Waals surface area contributed by atoms with Crippen molar-refractivity contribution in [2.45, 2.75) is 58.2 Å². The molecule has 4 rings (SSSR count). The molecular weight excluding hydrogens is 629 g/mol. The standard InChI is InChI=1S/C31H36BrClFN3O5/c1-18-28(24-13-20(32)6-9-26(24)36-29(18)37-11-12-41-22(16-37)17-38)30(40)35-15-19(5-10-27(39)42-31(2,3)4)23-14-21(34)7-8-25(23)33/h6-9,13-14,19,22,38H,5,10-12,15-17H2,1-4H3,(H,35,40). The van der Waals surface area contributed by atoms with Gasteiger partial charge >= 0.3 is 5.97 Å². The van der Waals surface area contributed by atoms with Crippen LogP contribution < -0.4 is 10.2 Å². The lowest BCUT2D eigenvalue weighted by atomic mass is 9.93. The molecule has 2 N–H and O–H groups in total. The van der Waals surface area contributed by atoms with Gasteiger partial charge in [0.05, 0.1) is 30.4 Å². The van der Waals surface area contributed by atoms with E-state index in [2.05, 4.69) is 21.2 Å². The summed E-state index contributed by atoms with van der Waals surface area (Å²) in [5, 5.41) is 13.7. The molecule has 8 nitrogen and oxygen atoms in total. The van der Waals surface area contributed by atoms with Crippen LogP contribution in [0.4, 0.5) is 10.2 Å². The van der Waals surface area contributed by atoms with Gasteiger partial charge < -0.3 is 24.8 Å². The predicted octanol–water partition coefficient (Wildman–Crippen LogP) is 5.93. The first-order valence-electron chi connectivity index (χ1n) is 13.9. The van der Waals surface area contributed by atoms with Gasteiger partial charge in [0, 0.05) is 52.4 Å². The Morgan fingerprint density at radius 3 is 2.76 bits per heavy atom. The van der Waals surface area contributed by atoms with E-state index in [4.69, 9.17) is 26.1 Å². The average Bonchev–Trinajstić information content (AvgIpc) is 2.93. The van der Waals surface area contributed by atoms with E-state index in [-0.39, 0.29) is 37.6 Å². The number of nitrogens with zero attached hydrogens (tertiary/aromatic N) is 2. The number of carbonyl (C=O) groups excluding carboxylic acids is 2. The molecule has 1 amide bonds. The average molecular weight is 665 g/mol. The van der Waals surface area contributed by atoms with E-state index >= 15 is 0 Å². The van der Waals surface area contributed by atoms with Gasteiger partial charge in [0.2, 0.25) is 0 Å². The first-order chi connectivity index (χ1) is 19.9. The van der Waals surface area contributed by atoms with Gasteiger partial charge in [-0.25, -0.2) is 9.37 Å². The van der Waals surface area contributed by atoms with Crippen molar-refractivity contribution in [1.29, 1.82) is 0 Å². The molecule has 2 heterocycles. The molecule has 0 spiro atoms. The molecular formula is C31H36BrClFN3O5. The fourth-order valence-corrected chi connectivity index (χ4v) is 5.76. The Morgan fingerprint density at radius 2 is 2.05 bits per heavy atom. The van der Waals surface area contributed by atoms with Crippen molar-refractivity contribution in [2.75, 3.05) is 37.7 Å². The molecule has 0 aliphatic carbocycles. The van der Waals surface area contributed by atoms with Gasteiger partial charge in [0.1, 0.15) is 17.2 Å². The highest BCUT2D eigenvalue weighted by molar-refractivity contribution is 9.10. The van der Waals surface area contributed by atoms with Crippen LogP contribution in [0.5, 0.6) is 0 Å². The number of hydrogen-bond acceptors (Lipinski definition) is 7. The van der Waals surface area contributed by atoms with Gasteiger partial charge in [-0.1, -0.05) is 27.5 Å². The summed E-state index contributed by atoms with van der Waals surface area (Å²) in [4.78, 5) is 33.3. The number of anilines is 1. The molecule has 11 heteroatoms. The Bertz CT molecular complexity index is 1460. The number of ether oxygens (including phenoxy) is 2. The van der Waals surface area contributed by atoms with Crippen LogP contribution in [-0.2, 0) is 14.3 Å². The Balaban J connectivity index is 1.65. The number of esters is 1. The van der Waals surface area contributed by atoms with Gasteiger partial charge in [0.25, 0.3) is 5.91 Å². The zero-order valence-corrected chi connectivity index (χ0v) is 26.5. The topological polar surface area (TPSA) is 101 Å². The molecule has 2 aromatic carbocycles. The molecule has 1 aromatic heterocycles. The quantitative estimate of drug-likeness (QED) is 0.274. The molecule has 1 aliphatic heterocycles. The second-order valence-corrected chi connectivity index (χ2v) is 12.7. The fraction of sp³-hybridized carbons (Fsp3) is 0.452. The number of benzene rings is 2. The number of halogens is 3. The molecule has 1 fully saturated rings. The Morgan fingerprint density at radius 1 is 1.29 bits per heavy atom. The van der Waals surface area contributed by atoms with Gasteiger partial charge in [-0.15, -0.1) is 0 Å². The maximum atomic E-state index is 14.3. The summed E-state index contributed by atoms with van der Waals surface area (Å²) in [5.74, 6) is -0.982. The van der Waals surface area contributed by atoms with Crippen molar-refractivity contribution >= 4 is 56.1 Å². The van der Waals surface area contributed by atoms with E-state index in [1.54, 1.807) is 20.8 Å². The van der Waals surface area contributed by atoms with Crippen molar-refractivity contribution < 1.29 is 28.6 Å². The third-order valence-electron chi connectivity index (χ3n) is 7.06. The smallest absolute Gasteiger partial charge is 0.306 e. The third kappa shape index (κ3) is 7.98. The minimum atomic E-state index is -0.638.